The first-order valence-corrected chi connectivity index (χ1v) is 8.87. The summed E-state index contributed by atoms with van der Waals surface area (Å²) in [7, 11) is 4.96. The Balaban J connectivity index is 2.81. The van der Waals surface area contributed by atoms with Crippen LogP contribution in [0.4, 0.5) is 0 Å². The van der Waals surface area contributed by atoms with Crippen LogP contribution in [-0.4, -0.2) is 85.2 Å². The fourth-order valence-corrected chi connectivity index (χ4v) is 2.86. The van der Waals surface area contributed by atoms with Crippen molar-refractivity contribution in [3.63, 3.8) is 0 Å². The van der Waals surface area contributed by atoms with Gasteiger partial charge in [-0.15, -0.1) is 0 Å². The first kappa shape index (κ1) is 22.1. The number of likely N-dealkylation sites (N-methyl/N-ethyl adjacent to an activating group) is 2. The number of carbonyl (C=O) groups is 3. The molecule has 0 aromatic rings. The van der Waals surface area contributed by atoms with Gasteiger partial charge in [0.25, 0.3) is 0 Å². The van der Waals surface area contributed by atoms with E-state index in [2.05, 4.69) is 5.32 Å². The molecule has 3 atom stereocenters. The number of hydrogen-bond donors (Lipinski definition) is 2. The molecule has 2 amide bonds. The van der Waals surface area contributed by atoms with Gasteiger partial charge < -0.3 is 20.1 Å². The van der Waals surface area contributed by atoms with Gasteiger partial charge in [-0.05, 0) is 40.3 Å². The molecule has 1 heterocycles. The van der Waals surface area contributed by atoms with Gasteiger partial charge in [0.2, 0.25) is 11.8 Å². The van der Waals surface area contributed by atoms with Crippen molar-refractivity contribution in [1.29, 1.82) is 0 Å². The van der Waals surface area contributed by atoms with E-state index in [1.54, 1.807) is 14.0 Å². The summed E-state index contributed by atoms with van der Waals surface area (Å²) in [5.74, 6) is -1.53. The fourth-order valence-electron chi connectivity index (χ4n) is 2.86. The number of carbonyl (C=O) groups excluding carboxylic acids is 2. The largest absolute Gasteiger partial charge is 0.478 e. The molecule has 0 spiro atoms. The third-order valence-corrected chi connectivity index (χ3v) is 4.86. The minimum absolute atomic E-state index is 0.142. The van der Waals surface area contributed by atoms with Crippen LogP contribution in [0.1, 0.15) is 33.1 Å². The number of carboxylic acids is 1. The smallest absolute Gasteiger partial charge is 0.331 e. The molecule has 0 aromatic heterocycles. The van der Waals surface area contributed by atoms with Crippen molar-refractivity contribution in [3.8, 4) is 0 Å². The van der Waals surface area contributed by atoms with Crippen molar-refractivity contribution in [2.45, 2.75) is 51.3 Å². The van der Waals surface area contributed by atoms with Crippen LogP contribution >= 0.6 is 0 Å². The Hall–Kier alpha value is -1.93. The molecule has 0 radical (unpaired) electrons. The number of carboxylic acid groups (broad SMARTS) is 1. The summed E-state index contributed by atoms with van der Waals surface area (Å²) in [6, 6.07) is -1.08. The molecule has 1 aliphatic rings. The zero-order chi connectivity index (χ0) is 19.9. The number of hydrogen-bond acceptors (Lipinski definition) is 5. The molecule has 1 aliphatic heterocycles. The molecule has 26 heavy (non-hydrogen) atoms. The highest BCUT2D eigenvalue weighted by molar-refractivity contribution is 5.90. The number of methoxy groups -OCH3 is 1. The molecule has 0 aromatic carbocycles. The SMILES string of the molecule is COC(C)C(NC(=O)C1CCCCN1C)C(=O)N(C)C/C=C(\C)C(=O)O. The maximum absolute atomic E-state index is 12.8. The Morgan fingerprint density at radius 3 is 2.58 bits per heavy atom. The molecule has 1 fully saturated rings. The topological polar surface area (TPSA) is 99.2 Å². The summed E-state index contributed by atoms with van der Waals surface area (Å²) in [6.45, 7) is 4.19. The van der Waals surface area contributed by atoms with Gasteiger partial charge in [0, 0.05) is 26.3 Å². The number of amides is 2. The zero-order valence-electron chi connectivity index (χ0n) is 16.3. The maximum Gasteiger partial charge on any atom is 0.331 e. The van der Waals surface area contributed by atoms with Crippen LogP contribution in [0.2, 0.25) is 0 Å². The second kappa shape index (κ2) is 10.3. The number of nitrogens with one attached hydrogen (secondary N) is 1. The molecular weight excluding hydrogens is 338 g/mol. The fraction of sp³-hybridized carbons (Fsp3) is 0.722. The van der Waals surface area contributed by atoms with Crippen molar-refractivity contribution in [2.75, 3.05) is 34.3 Å². The minimum atomic E-state index is -1.03. The van der Waals surface area contributed by atoms with Crippen LogP contribution < -0.4 is 5.32 Å². The zero-order valence-corrected chi connectivity index (χ0v) is 16.3. The van der Waals surface area contributed by atoms with E-state index in [-0.39, 0.29) is 30.0 Å². The second-order valence-corrected chi connectivity index (χ2v) is 6.83. The van der Waals surface area contributed by atoms with E-state index >= 15 is 0 Å². The summed E-state index contributed by atoms with van der Waals surface area (Å²) < 4.78 is 5.28. The molecule has 0 saturated carbocycles. The summed E-state index contributed by atoms with van der Waals surface area (Å²) in [5, 5.41) is 11.7. The van der Waals surface area contributed by atoms with Gasteiger partial charge in [-0.1, -0.05) is 12.5 Å². The maximum atomic E-state index is 12.8. The Morgan fingerprint density at radius 2 is 2.04 bits per heavy atom. The van der Waals surface area contributed by atoms with Gasteiger partial charge in [0.1, 0.15) is 6.04 Å². The lowest BCUT2D eigenvalue weighted by molar-refractivity contribution is -0.140. The highest BCUT2D eigenvalue weighted by Gasteiger charge is 2.33. The van der Waals surface area contributed by atoms with Crippen molar-refractivity contribution >= 4 is 17.8 Å². The van der Waals surface area contributed by atoms with Crippen molar-refractivity contribution in [2.24, 2.45) is 0 Å². The second-order valence-electron chi connectivity index (χ2n) is 6.83. The molecule has 0 aliphatic carbocycles. The lowest BCUT2D eigenvalue weighted by Gasteiger charge is -2.34. The molecule has 8 heteroatoms. The van der Waals surface area contributed by atoms with Crippen LogP contribution in [0.3, 0.4) is 0 Å². The van der Waals surface area contributed by atoms with Gasteiger partial charge >= 0.3 is 5.97 Å². The number of nitrogens with zero attached hydrogens (tertiary/aromatic N) is 2. The average Bonchev–Trinajstić information content (AvgIpc) is 2.62. The predicted octanol–water partition coefficient (Wildman–Crippen LogP) is 0.480. The van der Waals surface area contributed by atoms with Crippen LogP contribution in [0, 0.1) is 0 Å². The van der Waals surface area contributed by atoms with Gasteiger partial charge in [-0.25, -0.2) is 4.79 Å². The quantitative estimate of drug-likeness (QED) is 0.604. The highest BCUT2D eigenvalue weighted by Crippen LogP contribution is 2.16. The first-order chi connectivity index (χ1) is 12.2. The lowest BCUT2D eigenvalue weighted by Crippen LogP contribution is -2.57. The summed E-state index contributed by atoms with van der Waals surface area (Å²) in [4.78, 5) is 39.7. The molecule has 0 bridgehead atoms. The van der Waals surface area contributed by atoms with E-state index in [1.165, 1.54) is 25.0 Å². The molecular formula is C18H31N3O5. The Labute approximate surface area is 155 Å². The highest BCUT2D eigenvalue weighted by atomic mass is 16.5. The molecule has 1 rings (SSSR count). The van der Waals surface area contributed by atoms with Crippen molar-refractivity contribution in [3.05, 3.63) is 11.6 Å². The molecule has 3 unspecified atom stereocenters. The van der Waals surface area contributed by atoms with E-state index in [9.17, 15) is 14.4 Å². The number of ether oxygens (including phenoxy) is 1. The van der Waals surface area contributed by atoms with Gasteiger partial charge in [0.05, 0.1) is 12.1 Å². The normalized spacial score (nSPS) is 21.0. The first-order valence-electron chi connectivity index (χ1n) is 8.87. The van der Waals surface area contributed by atoms with Gasteiger partial charge in [-0.3, -0.25) is 14.5 Å². The van der Waals surface area contributed by atoms with Gasteiger partial charge in [0.15, 0.2) is 0 Å². The van der Waals surface area contributed by atoms with E-state index in [1.807, 2.05) is 11.9 Å². The van der Waals surface area contributed by atoms with E-state index in [0.29, 0.717) is 0 Å². The standard InChI is InChI=1S/C18H31N3O5/c1-12(18(24)25)9-11-21(4)17(23)15(13(2)26-5)19-16(22)14-8-6-7-10-20(14)3/h9,13-15H,6-8,10-11H2,1-5H3,(H,19,22)(H,24,25)/b12-9+. The Morgan fingerprint density at radius 1 is 1.38 bits per heavy atom. The van der Waals surface area contributed by atoms with Gasteiger partial charge in [-0.2, -0.15) is 0 Å². The monoisotopic (exact) mass is 369 g/mol. The summed E-state index contributed by atoms with van der Waals surface area (Å²) in [6.07, 6.45) is 3.77. The molecule has 8 nitrogen and oxygen atoms in total. The van der Waals surface area contributed by atoms with E-state index in [4.69, 9.17) is 9.84 Å². The number of rotatable bonds is 8. The average molecular weight is 369 g/mol. The van der Waals surface area contributed by atoms with Crippen LogP contribution in [0.5, 0.6) is 0 Å². The lowest BCUT2D eigenvalue weighted by atomic mass is 10.0. The predicted molar refractivity (Wildman–Crippen MR) is 97.7 cm³/mol. The summed E-state index contributed by atoms with van der Waals surface area (Å²) >= 11 is 0. The Kier molecular flexibility index (Phi) is 8.74. The number of piperidine rings is 1. The Bertz CT molecular complexity index is 549. The third kappa shape index (κ3) is 6.10. The van der Waals surface area contributed by atoms with E-state index in [0.717, 1.165) is 25.8 Å². The van der Waals surface area contributed by atoms with Crippen molar-refractivity contribution < 1.29 is 24.2 Å². The number of likely N-dealkylation sites (tertiary alicyclic amines) is 1. The summed E-state index contributed by atoms with van der Waals surface area (Å²) in [5.41, 5.74) is 0.161. The van der Waals surface area contributed by atoms with Crippen molar-refractivity contribution in [1.82, 2.24) is 15.1 Å². The van der Waals surface area contributed by atoms with Crippen LogP contribution in [0.15, 0.2) is 11.6 Å². The minimum Gasteiger partial charge on any atom is -0.478 e. The molecule has 1 saturated heterocycles. The molecule has 2 N–H and O–H groups in total. The number of aliphatic carboxylic acids is 1. The van der Waals surface area contributed by atoms with E-state index < -0.39 is 18.1 Å². The molecule has 148 valence electrons. The third-order valence-electron chi connectivity index (χ3n) is 4.86. The van der Waals surface area contributed by atoms with Crippen LogP contribution in [0.25, 0.3) is 0 Å². The van der Waals surface area contributed by atoms with Crippen LogP contribution in [-0.2, 0) is 19.1 Å².